The Kier molecular flexibility index (Phi) is 9.35. The number of nitrogens with zero attached hydrogens (tertiary/aromatic N) is 1. The quantitative estimate of drug-likeness (QED) is 0.610. The molecule has 2 amide bonds. The summed E-state index contributed by atoms with van der Waals surface area (Å²) in [7, 11) is 3.20. The van der Waals surface area contributed by atoms with Crippen LogP contribution in [0.2, 0.25) is 5.02 Å². The molecule has 0 radical (unpaired) electrons. The summed E-state index contributed by atoms with van der Waals surface area (Å²) in [5.41, 5.74) is 1.93. The van der Waals surface area contributed by atoms with Crippen molar-refractivity contribution >= 4 is 35.2 Å². The molecule has 5 nitrogen and oxygen atoms in total. The zero-order valence-electron chi connectivity index (χ0n) is 17.0. The predicted molar refractivity (Wildman–Crippen MR) is 119 cm³/mol. The molecule has 0 spiro atoms. The number of methoxy groups -OCH3 is 1. The standard InChI is InChI=1S/C22H27ClN2O3S/c1-4-20(22(27)24-2)25(13-16-9-11-18(28-3)12-10-16)21(26)15-29-14-17-7-5-6-8-19(17)23/h5-12,20H,4,13-15H2,1-3H3,(H,24,27). The van der Waals surface area contributed by atoms with Crippen molar-refractivity contribution in [2.24, 2.45) is 0 Å². The highest BCUT2D eigenvalue weighted by atomic mass is 35.5. The van der Waals surface area contributed by atoms with Gasteiger partial charge in [-0.15, -0.1) is 11.8 Å². The van der Waals surface area contributed by atoms with Crippen molar-refractivity contribution in [2.45, 2.75) is 31.7 Å². The summed E-state index contributed by atoms with van der Waals surface area (Å²) in [5, 5.41) is 3.36. The fourth-order valence-electron chi connectivity index (χ4n) is 2.96. The van der Waals surface area contributed by atoms with Crippen molar-refractivity contribution in [2.75, 3.05) is 19.9 Å². The van der Waals surface area contributed by atoms with E-state index in [4.69, 9.17) is 16.3 Å². The number of rotatable bonds is 10. The maximum atomic E-state index is 13.0. The zero-order chi connectivity index (χ0) is 21.2. The first-order valence-corrected chi connectivity index (χ1v) is 11.0. The molecule has 0 aliphatic rings. The molecule has 1 atom stereocenters. The van der Waals surface area contributed by atoms with E-state index in [-0.39, 0.29) is 17.6 Å². The molecule has 0 bridgehead atoms. The lowest BCUT2D eigenvalue weighted by atomic mass is 10.1. The van der Waals surface area contributed by atoms with Crippen LogP contribution in [-0.2, 0) is 21.9 Å². The number of benzene rings is 2. The van der Waals surface area contributed by atoms with Crippen LogP contribution < -0.4 is 10.1 Å². The highest BCUT2D eigenvalue weighted by Crippen LogP contribution is 2.22. The molecule has 2 rings (SSSR count). The first-order valence-electron chi connectivity index (χ1n) is 9.45. The lowest BCUT2D eigenvalue weighted by Crippen LogP contribution is -2.48. The average molecular weight is 435 g/mol. The number of carbonyl (C=O) groups excluding carboxylic acids is 2. The van der Waals surface area contributed by atoms with Gasteiger partial charge in [0.05, 0.1) is 12.9 Å². The number of thioether (sulfide) groups is 1. The van der Waals surface area contributed by atoms with E-state index in [0.29, 0.717) is 23.7 Å². The maximum absolute atomic E-state index is 13.0. The topological polar surface area (TPSA) is 58.6 Å². The Morgan fingerprint density at radius 1 is 1.17 bits per heavy atom. The lowest BCUT2D eigenvalue weighted by molar-refractivity contribution is -0.139. The van der Waals surface area contributed by atoms with Crippen molar-refractivity contribution in [3.8, 4) is 5.75 Å². The van der Waals surface area contributed by atoms with Gasteiger partial charge in [-0.2, -0.15) is 0 Å². The van der Waals surface area contributed by atoms with Gasteiger partial charge in [0.1, 0.15) is 11.8 Å². The Hall–Kier alpha value is -2.18. The molecule has 1 unspecified atom stereocenters. The van der Waals surface area contributed by atoms with E-state index in [9.17, 15) is 9.59 Å². The highest BCUT2D eigenvalue weighted by Gasteiger charge is 2.27. The number of likely N-dealkylation sites (N-methyl/N-ethyl adjacent to an activating group) is 1. The molecule has 1 N–H and O–H groups in total. The first kappa shape index (κ1) is 23.1. The van der Waals surface area contributed by atoms with Gasteiger partial charge in [-0.1, -0.05) is 48.9 Å². The fraction of sp³-hybridized carbons (Fsp3) is 0.364. The normalized spacial score (nSPS) is 11.6. The highest BCUT2D eigenvalue weighted by molar-refractivity contribution is 7.99. The molecule has 0 heterocycles. The fourth-order valence-corrected chi connectivity index (χ4v) is 4.16. The number of hydrogen-bond donors (Lipinski definition) is 1. The average Bonchev–Trinajstić information content (AvgIpc) is 2.75. The second-order valence-corrected chi connectivity index (χ2v) is 7.89. The van der Waals surface area contributed by atoms with E-state index >= 15 is 0 Å². The largest absolute Gasteiger partial charge is 0.497 e. The Morgan fingerprint density at radius 3 is 2.45 bits per heavy atom. The van der Waals surface area contributed by atoms with Gasteiger partial charge < -0.3 is 15.0 Å². The van der Waals surface area contributed by atoms with Gasteiger partial charge in [-0.25, -0.2) is 0 Å². The summed E-state index contributed by atoms with van der Waals surface area (Å²) < 4.78 is 5.19. The minimum Gasteiger partial charge on any atom is -0.497 e. The van der Waals surface area contributed by atoms with Crippen LogP contribution in [-0.4, -0.2) is 42.7 Å². The van der Waals surface area contributed by atoms with Crippen LogP contribution in [0.3, 0.4) is 0 Å². The van der Waals surface area contributed by atoms with E-state index in [1.54, 1.807) is 19.1 Å². The van der Waals surface area contributed by atoms with E-state index in [0.717, 1.165) is 16.9 Å². The molecule has 0 fully saturated rings. The summed E-state index contributed by atoms with van der Waals surface area (Å²) in [6.07, 6.45) is 0.538. The van der Waals surface area contributed by atoms with E-state index in [2.05, 4.69) is 5.32 Å². The van der Waals surface area contributed by atoms with Crippen molar-refractivity contribution in [1.82, 2.24) is 10.2 Å². The molecule has 2 aromatic carbocycles. The summed E-state index contributed by atoms with van der Waals surface area (Å²) in [6.45, 7) is 2.27. The third kappa shape index (κ3) is 6.68. The minimum absolute atomic E-state index is 0.0756. The van der Waals surface area contributed by atoms with Crippen LogP contribution in [0, 0.1) is 0 Å². The molecular weight excluding hydrogens is 408 g/mol. The smallest absolute Gasteiger partial charge is 0.242 e. The molecule has 0 saturated heterocycles. The number of hydrogen-bond acceptors (Lipinski definition) is 4. The summed E-state index contributed by atoms with van der Waals surface area (Å²) in [6, 6.07) is 14.6. The van der Waals surface area contributed by atoms with E-state index < -0.39 is 6.04 Å². The monoisotopic (exact) mass is 434 g/mol. The van der Waals surface area contributed by atoms with Crippen LogP contribution in [0.1, 0.15) is 24.5 Å². The van der Waals surface area contributed by atoms with Crippen molar-refractivity contribution in [1.29, 1.82) is 0 Å². The maximum Gasteiger partial charge on any atom is 0.242 e. The minimum atomic E-state index is -0.518. The Balaban J connectivity index is 2.10. The SMILES string of the molecule is CCC(C(=O)NC)N(Cc1ccc(OC)cc1)C(=O)CSCc1ccccc1Cl. The third-order valence-corrected chi connectivity index (χ3v) is 5.92. The van der Waals surface area contributed by atoms with Crippen molar-refractivity contribution in [3.05, 3.63) is 64.7 Å². The Bertz CT molecular complexity index is 814. The third-order valence-electron chi connectivity index (χ3n) is 4.59. The summed E-state index contributed by atoms with van der Waals surface area (Å²) in [4.78, 5) is 27.1. The number of carbonyl (C=O) groups is 2. The van der Waals surface area contributed by atoms with Crippen molar-refractivity contribution < 1.29 is 14.3 Å². The molecular formula is C22H27ClN2O3S. The van der Waals surface area contributed by atoms with Crippen molar-refractivity contribution in [3.63, 3.8) is 0 Å². The molecule has 7 heteroatoms. The van der Waals surface area contributed by atoms with Crippen LogP contribution >= 0.6 is 23.4 Å². The van der Waals surface area contributed by atoms with Gasteiger partial charge in [0.2, 0.25) is 11.8 Å². The van der Waals surface area contributed by atoms with Crippen LogP contribution in [0.5, 0.6) is 5.75 Å². The Labute approximate surface area is 181 Å². The summed E-state index contributed by atoms with van der Waals surface area (Å²) >= 11 is 7.69. The van der Waals surface area contributed by atoms with Crippen LogP contribution in [0.25, 0.3) is 0 Å². The van der Waals surface area contributed by atoms with Gasteiger partial charge in [-0.3, -0.25) is 9.59 Å². The number of nitrogens with one attached hydrogen (secondary N) is 1. The van der Waals surface area contributed by atoms with Gasteiger partial charge in [0.15, 0.2) is 0 Å². The first-order chi connectivity index (χ1) is 14.0. The molecule has 0 saturated carbocycles. The van der Waals surface area contributed by atoms with Gasteiger partial charge in [-0.05, 0) is 35.7 Å². The molecule has 0 aromatic heterocycles. The molecule has 0 aliphatic heterocycles. The van der Waals surface area contributed by atoms with Gasteiger partial charge in [0.25, 0.3) is 0 Å². The number of amides is 2. The molecule has 156 valence electrons. The molecule has 29 heavy (non-hydrogen) atoms. The van der Waals surface area contributed by atoms with Crippen LogP contribution in [0.15, 0.2) is 48.5 Å². The predicted octanol–water partition coefficient (Wildman–Crippen LogP) is 4.14. The van der Waals surface area contributed by atoms with Crippen LogP contribution in [0.4, 0.5) is 0 Å². The molecule has 0 aliphatic carbocycles. The van der Waals surface area contributed by atoms with E-state index in [1.807, 2.05) is 55.5 Å². The Morgan fingerprint density at radius 2 is 1.86 bits per heavy atom. The number of ether oxygens (including phenoxy) is 1. The number of halogens is 1. The van der Waals surface area contributed by atoms with E-state index in [1.165, 1.54) is 11.8 Å². The second-order valence-electron chi connectivity index (χ2n) is 6.49. The second kappa shape index (κ2) is 11.7. The lowest BCUT2D eigenvalue weighted by Gasteiger charge is -2.30. The van der Waals surface area contributed by atoms with Gasteiger partial charge in [0, 0.05) is 24.4 Å². The zero-order valence-corrected chi connectivity index (χ0v) is 18.6. The molecule has 2 aromatic rings. The summed E-state index contributed by atoms with van der Waals surface area (Å²) in [5.74, 6) is 1.42. The van der Waals surface area contributed by atoms with Gasteiger partial charge >= 0.3 is 0 Å².